The molecule has 1 aromatic carbocycles. The van der Waals surface area contributed by atoms with Crippen molar-refractivity contribution in [3.8, 4) is 0 Å². The molecule has 1 saturated carbocycles. The molecule has 26 heavy (non-hydrogen) atoms. The molecule has 1 heterocycles. The smallest absolute Gasteiger partial charge is 0.328 e. The van der Waals surface area contributed by atoms with Gasteiger partial charge in [-0.1, -0.05) is 36.7 Å². The summed E-state index contributed by atoms with van der Waals surface area (Å²) in [5.74, 6) is -0.730. The van der Waals surface area contributed by atoms with Crippen LogP contribution in [0, 0.1) is 11.3 Å². The van der Waals surface area contributed by atoms with Gasteiger partial charge in [0.2, 0.25) is 0 Å². The van der Waals surface area contributed by atoms with Gasteiger partial charge in [0.1, 0.15) is 5.72 Å². The van der Waals surface area contributed by atoms with Crippen molar-refractivity contribution in [3.05, 3.63) is 34.3 Å². The number of benzene rings is 1. The quantitative estimate of drug-likeness (QED) is 0.769. The largest absolute Gasteiger partial charge is 0.480 e. The van der Waals surface area contributed by atoms with Crippen LogP contribution in [0.3, 0.4) is 0 Å². The van der Waals surface area contributed by atoms with Gasteiger partial charge in [-0.25, -0.2) is 4.79 Å². The minimum Gasteiger partial charge on any atom is -0.480 e. The molecular formula is C20H26BrNO4. The standard InChI is InChI=1S/C20H26BrNO4/c1-19(2,3)14-8-10-20(11-9-14)22(16(12-26-20)18(24)25)17(23)13-4-6-15(21)7-5-13/h4-7,14,16H,8-12H2,1-3H3,(H,24,25). The van der Waals surface area contributed by atoms with Crippen molar-refractivity contribution in [1.29, 1.82) is 0 Å². The van der Waals surface area contributed by atoms with Crippen molar-refractivity contribution in [1.82, 2.24) is 4.90 Å². The Balaban J connectivity index is 1.89. The molecule has 142 valence electrons. The number of carboxylic acids is 1. The topological polar surface area (TPSA) is 66.8 Å². The van der Waals surface area contributed by atoms with Gasteiger partial charge in [-0.05, 0) is 61.3 Å². The third-order valence-corrected chi connectivity index (χ3v) is 6.38. The van der Waals surface area contributed by atoms with Crippen LogP contribution in [0.25, 0.3) is 0 Å². The second kappa shape index (κ2) is 6.97. The van der Waals surface area contributed by atoms with Gasteiger partial charge in [0.15, 0.2) is 6.04 Å². The molecule has 0 radical (unpaired) electrons. The first-order valence-corrected chi connectivity index (χ1v) is 9.89. The van der Waals surface area contributed by atoms with Gasteiger partial charge in [-0.2, -0.15) is 0 Å². The Morgan fingerprint density at radius 3 is 2.27 bits per heavy atom. The summed E-state index contributed by atoms with van der Waals surface area (Å²) in [7, 11) is 0. The van der Waals surface area contributed by atoms with Gasteiger partial charge in [0.05, 0.1) is 6.61 Å². The summed E-state index contributed by atoms with van der Waals surface area (Å²) < 4.78 is 6.89. The fourth-order valence-electron chi connectivity index (χ4n) is 4.22. The second-order valence-corrected chi connectivity index (χ2v) is 9.35. The van der Waals surface area contributed by atoms with E-state index in [1.54, 1.807) is 24.3 Å². The lowest BCUT2D eigenvalue weighted by atomic mass is 9.70. The summed E-state index contributed by atoms with van der Waals surface area (Å²) in [4.78, 5) is 26.5. The van der Waals surface area contributed by atoms with E-state index in [-0.39, 0.29) is 17.9 Å². The van der Waals surface area contributed by atoms with Gasteiger partial charge >= 0.3 is 5.97 Å². The monoisotopic (exact) mass is 423 g/mol. The molecule has 1 unspecified atom stereocenters. The molecule has 5 nitrogen and oxygen atoms in total. The Hall–Kier alpha value is -1.40. The fourth-order valence-corrected chi connectivity index (χ4v) is 4.49. The lowest BCUT2D eigenvalue weighted by molar-refractivity contribution is -0.144. The number of carbonyl (C=O) groups excluding carboxylic acids is 1. The van der Waals surface area contributed by atoms with E-state index in [1.165, 1.54) is 4.90 Å². The Morgan fingerprint density at radius 2 is 1.77 bits per heavy atom. The summed E-state index contributed by atoms with van der Waals surface area (Å²) in [6.07, 6.45) is 3.22. The average Bonchev–Trinajstić information content (AvgIpc) is 2.93. The highest BCUT2D eigenvalue weighted by Crippen LogP contribution is 2.47. The number of aliphatic carboxylic acids is 1. The number of hydrogen-bond donors (Lipinski definition) is 1. The SMILES string of the molecule is CC(C)(C)C1CCC2(CC1)OCC(C(=O)O)N2C(=O)c1ccc(Br)cc1. The van der Waals surface area contributed by atoms with Gasteiger partial charge in [0, 0.05) is 10.0 Å². The maximum atomic E-state index is 13.2. The Morgan fingerprint density at radius 1 is 1.19 bits per heavy atom. The van der Waals surface area contributed by atoms with Crippen LogP contribution >= 0.6 is 15.9 Å². The molecule has 1 aliphatic carbocycles. The van der Waals surface area contributed by atoms with Gasteiger partial charge in [-0.15, -0.1) is 0 Å². The molecule has 1 saturated heterocycles. The maximum absolute atomic E-state index is 13.2. The second-order valence-electron chi connectivity index (χ2n) is 8.43. The Kier molecular flexibility index (Phi) is 5.19. The molecule has 1 atom stereocenters. The molecule has 6 heteroatoms. The first-order chi connectivity index (χ1) is 12.1. The molecule has 2 fully saturated rings. The highest BCUT2D eigenvalue weighted by molar-refractivity contribution is 9.10. The normalized spacial score (nSPS) is 29.2. The van der Waals surface area contributed by atoms with Crippen molar-refractivity contribution in [2.75, 3.05) is 6.61 Å². The summed E-state index contributed by atoms with van der Waals surface area (Å²) in [6.45, 7) is 6.75. The highest BCUT2D eigenvalue weighted by Gasteiger charge is 2.54. The zero-order valence-electron chi connectivity index (χ0n) is 15.5. The predicted molar refractivity (Wildman–Crippen MR) is 102 cm³/mol. The molecular weight excluding hydrogens is 398 g/mol. The molecule has 2 aliphatic rings. The number of rotatable bonds is 2. The molecule has 1 aromatic rings. The number of amides is 1. The van der Waals surface area contributed by atoms with E-state index < -0.39 is 17.7 Å². The Bertz CT molecular complexity index is 687. The molecule has 1 N–H and O–H groups in total. The number of ether oxygens (including phenoxy) is 1. The van der Waals surface area contributed by atoms with Crippen LogP contribution in [0.15, 0.2) is 28.7 Å². The molecule has 3 rings (SSSR count). The molecule has 0 bridgehead atoms. The summed E-state index contributed by atoms with van der Waals surface area (Å²) in [5, 5.41) is 9.64. The van der Waals surface area contributed by atoms with E-state index in [0.29, 0.717) is 24.3 Å². The van der Waals surface area contributed by atoms with Gasteiger partial charge in [0.25, 0.3) is 5.91 Å². The summed E-state index contributed by atoms with van der Waals surface area (Å²) >= 11 is 3.36. The van der Waals surface area contributed by atoms with E-state index >= 15 is 0 Å². The van der Waals surface area contributed by atoms with Crippen molar-refractivity contribution in [3.63, 3.8) is 0 Å². The van der Waals surface area contributed by atoms with Crippen LogP contribution in [0.5, 0.6) is 0 Å². The zero-order chi connectivity index (χ0) is 19.1. The average molecular weight is 424 g/mol. The molecule has 1 amide bonds. The zero-order valence-corrected chi connectivity index (χ0v) is 17.1. The van der Waals surface area contributed by atoms with E-state index in [4.69, 9.17) is 4.74 Å². The summed E-state index contributed by atoms with van der Waals surface area (Å²) in [6, 6.07) is 6.10. The fraction of sp³-hybridized carbons (Fsp3) is 0.600. The van der Waals surface area contributed by atoms with E-state index in [9.17, 15) is 14.7 Å². The number of nitrogens with zero attached hydrogens (tertiary/aromatic N) is 1. The van der Waals surface area contributed by atoms with E-state index in [2.05, 4.69) is 36.7 Å². The molecule has 0 aromatic heterocycles. The van der Waals surface area contributed by atoms with Gasteiger partial charge in [-0.3, -0.25) is 9.69 Å². The molecule has 1 spiro atoms. The number of carboxylic acid groups (broad SMARTS) is 1. The lowest BCUT2D eigenvalue weighted by Crippen LogP contribution is -2.55. The third kappa shape index (κ3) is 3.54. The predicted octanol–water partition coefficient (Wildman–Crippen LogP) is 4.31. The molecule has 1 aliphatic heterocycles. The highest BCUT2D eigenvalue weighted by atomic mass is 79.9. The van der Waals surface area contributed by atoms with Crippen molar-refractivity contribution >= 4 is 27.8 Å². The van der Waals surface area contributed by atoms with Crippen molar-refractivity contribution < 1.29 is 19.4 Å². The third-order valence-electron chi connectivity index (χ3n) is 5.85. The lowest BCUT2D eigenvalue weighted by Gasteiger charge is -2.46. The first-order valence-electron chi connectivity index (χ1n) is 9.10. The Labute approximate surface area is 162 Å². The maximum Gasteiger partial charge on any atom is 0.328 e. The van der Waals surface area contributed by atoms with Crippen LogP contribution in [0.2, 0.25) is 0 Å². The minimum atomic E-state index is -1.01. The van der Waals surface area contributed by atoms with Crippen LogP contribution < -0.4 is 0 Å². The van der Waals surface area contributed by atoms with Crippen LogP contribution in [0.1, 0.15) is 56.8 Å². The van der Waals surface area contributed by atoms with Gasteiger partial charge < -0.3 is 9.84 Å². The minimum absolute atomic E-state index is 0.0534. The van der Waals surface area contributed by atoms with Crippen molar-refractivity contribution in [2.24, 2.45) is 11.3 Å². The van der Waals surface area contributed by atoms with E-state index in [0.717, 1.165) is 17.3 Å². The van der Waals surface area contributed by atoms with Crippen molar-refractivity contribution in [2.45, 2.75) is 58.2 Å². The number of halogens is 1. The van der Waals surface area contributed by atoms with Crippen LogP contribution in [0.4, 0.5) is 0 Å². The summed E-state index contributed by atoms with van der Waals surface area (Å²) in [5.41, 5.74) is -0.107. The number of hydrogen-bond acceptors (Lipinski definition) is 3. The first kappa shape index (κ1) is 19.4. The van der Waals surface area contributed by atoms with Crippen LogP contribution in [-0.4, -0.2) is 40.3 Å². The number of carbonyl (C=O) groups is 2. The van der Waals surface area contributed by atoms with Crippen LogP contribution in [-0.2, 0) is 9.53 Å². The van der Waals surface area contributed by atoms with E-state index in [1.807, 2.05) is 0 Å².